The number of amides is 2. The minimum atomic E-state index is -0.718. The van der Waals surface area contributed by atoms with Crippen molar-refractivity contribution in [2.75, 3.05) is 36.5 Å². The van der Waals surface area contributed by atoms with Gasteiger partial charge in [-0.3, -0.25) is 9.59 Å². The van der Waals surface area contributed by atoms with Crippen LogP contribution < -0.4 is 20.3 Å². The first-order valence-corrected chi connectivity index (χ1v) is 13.4. The van der Waals surface area contributed by atoms with Gasteiger partial charge in [-0.1, -0.05) is 29.8 Å². The summed E-state index contributed by atoms with van der Waals surface area (Å²) >= 11 is 6.38. The van der Waals surface area contributed by atoms with E-state index in [9.17, 15) is 14.4 Å². The Balaban J connectivity index is 1.13. The number of hydrogen-bond acceptors (Lipinski definition) is 7. The molecule has 2 heterocycles. The molecule has 0 unspecified atom stereocenters. The summed E-state index contributed by atoms with van der Waals surface area (Å²) in [4.78, 5) is 47.4. The smallest absolute Gasteiger partial charge is 0.364 e. The van der Waals surface area contributed by atoms with E-state index in [2.05, 4.69) is 25.5 Å². The van der Waals surface area contributed by atoms with E-state index < -0.39 is 11.9 Å². The lowest BCUT2D eigenvalue weighted by Crippen LogP contribution is -2.40. The van der Waals surface area contributed by atoms with E-state index in [1.54, 1.807) is 30.3 Å². The van der Waals surface area contributed by atoms with Crippen LogP contribution in [0.3, 0.4) is 0 Å². The Bertz CT molecular complexity index is 1320. The van der Waals surface area contributed by atoms with Gasteiger partial charge >= 0.3 is 5.97 Å². The molecule has 1 aliphatic carbocycles. The molecule has 3 aromatic rings. The second-order valence-electron chi connectivity index (χ2n) is 9.60. The number of esters is 1. The molecule has 1 aromatic heterocycles. The van der Waals surface area contributed by atoms with Crippen molar-refractivity contribution in [2.24, 2.45) is 5.92 Å². The van der Waals surface area contributed by atoms with E-state index in [0.717, 1.165) is 18.8 Å². The molecule has 5 rings (SSSR count). The highest BCUT2D eigenvalue weighted by Crippen LogP contribution is 2.31. The molecule has 39 heavy (non-hydrogen) atoms. The molecule has 2 aliphatic rings. The second-order valence-corrected chi connectivity index (χ2v) is 10.0. The number of imidazole rings is 1. The second kappa shape index (κ2) is 12.3. The Kier molecular flexibility index (Phi) is 8.43. The van der Waals surface area contributed by atoms with Crippen LogP contribution >= 0.6 is 11.6 Å². The van der Waals surface area contributed by atoms with Crippen molar-refractivity contribution in [3.63, 3.8) is 0 Å². The predicted molar refractivity (Wildman–Crippen MR) is 146 cm³/mol. The van der Waals surface area contributed by atoms with Crippen LogP contribution in [0.4, 0.5) is 11.4 Å². The third-order valence-corrected chi connectivity index (χ3v) is 7.36. The van der Waals surface area contributed by atoms with Crippen LogP contribution in [0, 0.1) is 5.92 Å². The van der Waals surface area contributed by atoms with Crippen molar-refractivity contribution < 1.29 is 23.9 Å². The van der Waals surface area contributed by atoms with E-state index in [4.69, 9.17) is 21.1 Å². The Morgan fingerprint density at radius 3 is 2.51 bits per heavy atom. The topological polar surface area (TPSA) is 126 Å². The molecule has 1 aliphatic heterocycles. The number of hydrogen-bond donors (Lipinski definition) is 3. The molecule has 204 valence electrons. The Morgan fingerprint density at radius 1 is 1.03 bits per heavy atom. The quantitative estimate of drug-likeness (QED) is 0.299. The monoisotopic (exact) mass is 551 g/mol. The first-order valence-electron chi connectivity index (χ1n) is 13.0. The fourth-order valence-corrected chi connectivity index (χ4v) is 5.05. The molecule has 1 saturated carbocycles. The summed E-state index contributed by atoms with van der Waals surface area (Å²) in [6.07, 6.45) is 3.77. The molecule has 0 bridgehead atoms. The summed E-state index contributed by atoms with van der Waals surface area (Å²) < 4.78 is 10.7. The number of rotatable bonds is 7. The number of benzene rings is 2. The number of H-pyrrole nitrogens is 1. The van der Waals surface area contributed by atoms with Crippen LogP contribution in [0.1, 0.15) is 46.7 Å². The van der Waals surface area contributed by atoms with Gasteiger partial charge in [0, 0.05) is 30.7 Å². The zero-order valence-corrected chi connectivity index (χ0v) is 22.1. The highest BCUT2D eigenvalue weighted by molar-refractivity contribution is 6.33. The van der Waals surface area contributed by atoms with Crippen LogP contribution in [-0.4, -0.2) is 60.1 Å². The van der Waals surface area contributed by atoms with Crippen molar-refractivity contribution >= 4 is 40.8 Å². The highest BCUT2D eigenvalue weighted by Gasteiger charge is 2.30. The van der Waals surface area contributed by atoms with E-state index in [0.29, 0.717) is 55.4 Å². The number of aromatic nitrogens is 2. The molecule has 0 atom stereocenters. The molecule has 0 radical (unpaired) electrons. The third-order valence-electron chi connectivity index (χ3n) is 7.03. The molecule has 2 amide bonds. The molecule has 10 nitrogen and oxygen atoms in total. The lowest BCUT2D eigenvalue weighted by atomic mass is 9.85. The van der Waals surface area contributed by atoms with Crippen LogP contribution in [0.25, 0.3) is 0 Å². The van der Waals surface area contributed by atoms with E-state index >= 15 is 0 Å². The van der Waals surface area contributed by atoms with Gasteiger partial charge in [-0.05, 0) is 56.0 Å². The first-order chi connectivity index (χ1) is 19.0. The normalized spacial score (nSPS) is 19.3. The number of carbonyl (C=O) groups is 3. The summed E-state index contributed by atoms with van der Waals surface area (Å²) in [6.45, 7) is 2.92. The van der Waals surface area contributed by atoms with Crippen molar-refractivity contribution in [1.29, 1.82) is 0 Å². The number of anilines is 2. The van der Waals surface area contributed by atoms with Gasteiger partial charge < -0.3 is 30.0 Å². The van der Waals surface area contributed by atoms with Gasteiger partial charge in [0.2, 0.25) is 5.91 Å². The van der Waals surface area contributed by atoms with Crippen molar-refractivity contribution in [3.8, 4) is 5.75 Å². The number of halogens is 1. The number of morpholine rings is 1. The van der Waals surface area contributed by atoms with Crippen molar-refractivity contribution in [2.45, 2.75) is 31.7 Å². The van der Waals surface area contributed by atoms with Gasteiger partial charge in [0.1, 0.15) is 11.4 Å². The minimum absolute atomic E-state index is 0.0468. The Morgan fingerprint density at radius 2 is 1.77 bits per heavy atom. The summed E-state index contributed by atoms with van der Waals surface area (Å²) in [6, 6.07) is 14.1. The predicted octanol–water partition coefficient (Wildman–Crippen LogP) is 4.05. The molecule has 2 fully saturated rings. The summed E-state index contributed by atoms with van der Waals surface area (Å²) in [5.74, 6) is -1.07. The maximum Gasteiger partial charge on any atom is 0.364 e. The number of nitrogens with zero attached hydrogens (tertiary/aromatic N) is 2. The summed E-state index contributed by atoms with van der Waals surface area (Å²) in [7, 11) is 0. The Hall–Kier alpha value is -3.89. The number of aromatic amines is 1. The molecule has 1 saturated heterocycles. The standard InChI is InChI=1S/C28H30ClN5O5/c29-22-11-10-20(34-12-14-38-15-13-34)16-23(22)33-26(35)18-6-8-19(9-7-18)32-27(36)24-25(31-17-30-24)28(37)39-21-4-2-1-3-5-21/h1-5,10-11,16-19H,6-9,12-15H2,(H,30,31)(H,32,36)(H,33,35)/t18-,19-. The van der Waals surface area contributed by atoms with Crippen LogP contribution in [0.15, 0.2) is 54.9 Å². The molecule has 11 heteroatoms. The number of carbonyl (C=O) groups excluding carboxylic acids is 3. The molecule has 3 N–H and O–H groups in total. The van der Waals surface area contributed by atoms with Crippen LogP contribution in [-0.2, 0) is 9.53 Å². The van der Waals surface area contributed by atoms with Crippen LogP contribution in [0.5, 0.6) is 5.75 Å². The molecular weight excluding hydrogens is 522 g/mol. The maximum absolute atomic E-state index is 13.0. The van der Waals surface area contributed by atoms with Gasteiger partial charge in [-0.2, -0.15) is 0 Å². The van der Waals surface area contributed by atoms with Gasteiger partial charge in [0.15, 0.2) is 5.69 Å². The van der Waals surface area contributed by atoms with Gasteiger partial charge in [0.25, 0.3) is 5.91 Å². The van der Waals surface area contributed by atoms with E-state index in [-0.39, 0.29) is 29.3 Å². The largest absolute Gasteiger partial charge is 0.422 e. The van der Waals surface area contributed by atoms with E-state index in [1.807, 2.05) is 18.2 Å². The molecule has 0 spiro atoms. The number of ether oxygens (including phenoxy) is 2. The number of para-hydroxylation sites is 1. The average Bonchev–Trinajstić information content (AvgIpc) is 3.46. The fourth-order valence-electron chi connectivity index (χ4n) is 4.89. The maximum atomic E-state index is 13.0. The minimum Gasteiger partial charge on any atom is -0.422 e. The zero-order chi connectivity index (χ0) is 27.2. The van der Waals surface area contributed by atoms with Gasteiger partial charge in [-0.15, -0.1) is 0 Å². The van der Waals surface area contributed by atoms with Gasteiger partial charge in [-0.25, -0.2) is 9.78 Å². The average molecular weight is 552 g/mol. The third kappa shape index (κ3) is 6.58. The fraction of sp³-hybridized carbons (Fsp3) is 0.357. The SMILES string of the molecule is O=C(Oc1ccccc1)c1nc[nH]c1C(=O)N[C@H]1CC[C@H](C(=O)Nc2cc(N3CCOCC3)ccc2Cl)CC1. The number of nitrogens with one attached hydrogen (secondary N) is 3. The Labute approximate surface area is 231 Å². The lowest BCUT2D eigenvalue weighted by molar-refractivity contribution is -0.120. The summed E-state index contributed by atoms with van der Waals surface area (Å²) in [5.41, 5.74) is 1.55. The first kappa shape index (κ1) is 26.7. The summed E-state index contributed by atoms with van der Waals surface area (Å²) in [5, 5.41) is 6.44. The van der Waals surface area contributed by atoms with E-state index in [1.165, 1.54) is 6.33 Å². The zero-order valence-electron chi connectivity index (χ0n) is 21.3. The highest BCUT2D eigenvalue weighted by atomic mass is 35.5. The van der Waals surface area contributed by atoms with Gasteiger partial charge in [0.05, 0.1) is 30.3 Å². The molecule has 2 aromatic carbocycles. The lowest BCUT2D eigenvalue weighted by Gasteiger charge is -2.30. The van der Waals surface area contributed by atoms with Crippen molar-refractivity contribution in [3.05, 3.63) is 71.3 Å². The van der Waals surface area contributed by atoms with Crippen molar-refractivity contribution in [1.82, 2.24) is 15.3 Å². The molecular formula is C28H30ClN5O5. The van der Waals surface area contributed by atoms with Crippen LogP contribution in [0.2, 0.25) is 5.02 Å².